The van der Waals surface area contributed by atoms with Crippen molar-refractivity contribution in [1.29, 1.82) is 0 Å². The maximum absolute atomic E-state index is 12.9. The molecule has 0 spiro atoms. The number of aromatic nitrogens is 2. The molecule has 0 radical (unpaired) electrons. The number of carbonyl (C=O) groups excluding carboxylic acids is 1. The second-order valence-electron chi connectivity index (χ2n) is 6.16. The fourth-order valence-corrected chi connectivity index (χ4v) is 2.45. The highest BCUT2D eigenvalue weighted by Crippen LogP contribution is 2.30. The summed E-state index contributed by atoms with van der Waals surface area (Å²) in [5, 5.41) is 15.7. The highest BCUT2D eigenvalue weighted by atomic mass is 19.4. The maximum Gasteiger partial charge on any atom is 0.416 e. The van der Waals surface area contributed by atoms with Crippen LogP contribution in [0.4, 0.5) is 17.6 Å². The minimum atomic E-state index is -4.46. The van der Waals surface area contributed by atoms with Crippen LogP contribution in [-0.2, 0) is 11.0 Å². The molecule has 3 aromatic rings. The van der Waals surface area contributed by atoms with E-state index in [4.69, 9.17) is 4.52 Å². The van der Waals surface area contributed by atoms with Gasteiger partial charge < -0.3 is 14.9 Å². The van der Waals surface area contributed by atoms with Gasteiger partial charge in [0.2, 0.25) is 11.7 Å². The highest BCUT2D eigenvalue weighted by molar-refractivity contribution is 5.91. The van der Waals surface area contributed by atoms with Gasteiger partial charge >= 0.3 is 6.18 Å². The maximum atomic E-state index is 12.9. The third kappa shape index (κ3) is 5.29. The van der Waals surface area contributed by atoms with Crippen LogP contribution in [-0.4, -0.2) is 27.8 Å². The lowest BCUT2D eigenvalue weighted by molar-refractivity contribution is -0.137. The van der Waals surface area contributed by atoms with E-state index in [-0.39, 0.29) is 17.3 Å². The molecule has 2 aromatic carbocycles. The van der Waals surface area contributed by atoms with E-state index in [9.17, 15) is 27.5 Å². The molecule has 10 heteroatoms. The Balaban J connectivity index is 1.68. The number of nitrogens with one attached hydrogen (secondary N) is 1. The molecular formula is C20H15F4N3O3. The Morgan fingerprint density at radius 3 is 2.40 bits per heavy atom. The molecule has 0 saturated carbocycles. The van der Waals surface area contributed by atoms with Crippen LogP contribution in [0.25, 0.3) is 17.5 Å². The van der Waals surface area contributed by atoms with Crippen molar-refractivity contribution in [3.63, 3.8) is 0 Å². The molecule has 3 rings (SSSR count). The summed E-state index contributed by atoms with van der Waals surface area (Å²) in [6.45, 7) is -0.551. The normalized spacial score (nSPS) is 12.8. The first-order valence-corrected chi connectivity index (χ1v) is 8.62. The van der Waals surface area contributed by atoms with Gasteiger partial charge in [0.1, 0.15) is 11.9 Å². The second kappa shape index (κ2) is 8.87. The zero-order valence-corrected chi connectivity index (χ0v) is 15.2. The fourth-order valence-electron chi connectivity index (χ4n) is 2.45. The number of nitrogens with zero attached hydrogens (tertiary/aromatic N) is 2. The Labute approximate surface area is 167 Å². The van der Waals surface area contributed by atoms with Crippen molar-refractivity contribution in [2.45, 2.75) is 12.2 Å². The quantitative estimate of drug-likeness (QED) is 0.468. The second-order valence-corrected chi connectivity index (χ2v) is 6.16. The van der Waals surface area contributed by atoms with Gasteiger partial charge in [-0.1, -0.05) is 29.4 Å². The van der Waals surface area contributed by atoms with Crippen LogP contribution in [0.3, 0.4) is 0 Å². The summed E-state index contributed by atoms with van der Waals surface area (Å²) in [5.74, 6) is -1.09. The van der Waals surface area contributed by atoms with Crippen molar-refractivity contribution < 1.29 is 32.0 Å². The van der Waals surface area contributed by atoms with Crippen LogP contribution in [0.15, 0.2) is 59.1 Å². The van der Waals surface area contributed by atoms with E-state index in [1.165, 1.54) is 48.6 Å². The van der Waals surface area contributed by atoms with Crippen LogP contribution < -0.4 is 5.32 Å². The molecule has 0 fully saturated rings. The lowest BCUT2D eigenvalue weighted by atomic mass is 10.1. The molecule has 156 valence electrons. The number of hydrogen-bond acceptors (Lipinski definition) is 5. The summed E-state index contributed by atoms with van der Waals surface area (Å²) >= 11 is 0. The van der Waals surface area contributed by atoms with E-state index in [1.807, 2.05) is 0 Å². The van der Waals surface area contributed by atoms with Gasteiger partial charge in [0.15, 0.2) is 0 Å². The zero-order valence-electron chi connectivity index (χ0n) is 15.2. The third-order valence-corrected chi connectivity index (χ3v) is 4.01. The summed E-state index contributed by atoms with van der Waals surface area (Å²) in [5.41, 5.74) is 0.0510. The van der Waals surface area contributed by atoms with Crippen molar-refractivity contribution in [3.8, 4) is 11.4 Å². The predicted molar refractivity (Wildman–Crippen MR) is 98.1 cm³/mol. The number of amides is 1. The number of halogens is 4. The SMILES string of the molecule is O=C(/C=C/c1ccc(F)cc1)N[C@@H](CO)c1nc(-c2ccc(C(F)(F)F)cc2)no1. The van der Waals surface area contributed by atoms with Crippen LogP contribution in [0.2, 0.25) is 0 Å². The summed E-state index contributed by atoms with van der Waals surface area (Å²) < 4.78 is 55.9. The van der Waals surface area contributed by atoms with E-state index in [1.54, 1.807) is 0 Å². The Kier molecular flexibility index (Phi) is 6.26. The smallest absolute Gasteiger partial charge is 0.394 e. The summed E-state index contributed by atoms with van der Waals surface area (Å²) in [7, 11) is 0. The first-order chi connectivity index (χ1) is 14.3. The lowest BCUT2D eigenvalue weighted by Crippen LogP contribution is -2.29. The van der Waals surface area contributed by atoms with Crippen molar-refractivity contribution in [2.75, 3.05) is 6.61 Å². The number of hydrogen-bond donors (Lipinski definition) is 2. The molecular weight excluding hydrogens is 406 g/mol. The molecule has 0 aliphatic heterocycles. The molecule has 6 nitrogen and oxygen atoms in total. The molecule has 0 aliphatic rings. The number of rotatable bonds is 6. The Morgan fingerprint density at radius 2 is 1.80 bits per heavy atom. The average molecular weight is 421 g/mol. The minimum Gasteiger partial charge on any atom is -0.394 e. The van der Waals surface area contributed by atoms with Gasteiger partial charge in [-0.05, 0) is 35.9 Å². The van der Waals surface area contributed by atoms with Crippen molar-refractivity contribution in [2.24, 2.45) is 0 Å². The van der Waals surface area contributed by atoms with Gasteiger partial charge in [-0.3, -0.25) is 4.79 Å². The molecule has 1 aromatic heterocycles. The topological polar surface area (TPSA) is 88.2 Å². The first-order valence-electron chi connectivity index (χ1n) is 8.62. The van der Waals surface area contributed by atoms with Gasteiger partial charge in [0, 0.05) is 11.6 Å². The largest absolute Gasteiger partial charge is 0.416 e. The molecule has 1 atom stereocenters. The molecule has 1 heterocycles. The Morgan fingerprint density at radius 1 is 1.13 bits per heavy atom. The highest BCUT2D eigenvalue weighted by Gasteiger charge is 2.30. The average Bonchev–Trinajstić information content (AvgIpc) is 3.21. The molecule has 1 amide bonds. The van der Waals surface area contributed by atoms with Crippen molar-refractivity contribution in [1.82, 2.24) is 15.5 Å². The van der Waals surface area contributed by atoms with E-state index in [2.05, 4.69) is 15.5 Å². The Hall–Kier alpha value is -3.53. The van der Waals surface area contributed by atoms with Gasteiger partial charge in [-0.15, -0.1) is 0 Å². The molecule has 0 aliphatic carbocycles. The van der Waals surface area contributed by atoms with Crippen molar-refractivity contribution in [3.05, 3.63) is 77.4 Å². The molecule has 2 N–H and O–H groups in total. The fraction of sp³-hybridized carbons (Fsp3) is 0.150. The van der Waals surface area contributed by atoms with E-state index >= 15 is 0 Å². The van der Waals surface area contributed by atoms with Crippen LogP contribution in [0.5, 0.6) is 0 Å². The standard InChI is InChI=1S/C20H15F4N3O3/c21-15-8-1-12(2-9-15)3-10-17(29)25-16(11-28)19-26-18(27-30-19)13-4-6-14(7-5-13)20(22,23)24/h1-10,16,28H,11H2,(H,25,29)/b10-3+/t16-/m0/s1. The van der Waals surface area contributed by atoms with Crippen LogP contribution >= 0.6 is 0 Å². The summed E-state index contributed by atoms with van der Waals surface area (Å²) in [4.78, 5) is 16.1. The molecule has 0 saturated heterocycles. The van der Waals surface area contributed by atoms with Gasteiger partial charge in [0.05, 0.1) is 12.2 Å². The van der Waals surface area contributed by atoms with Crippen LogP contribution in [0.1, 0.15) is 23.1 Å². The summed E-state index contributed by atoms with van der Waals surface area (Å²) in [6.07, 6.45) is -1.83. The lowest BCUT2D eigenvalue weighted by Gasteiger charge is -2.10. The summed E-state index contributed by atoms with van der Waals surface area (Å²) in [6, 6.07) is 8.59. The van der Waals surface area contributed by atoms with E-state index < -0.39 is 36.1 Å². The molecule has 0 unspecified atom stereocenters. The zero-order chi connectivity index (χ0) is 21.7. The monoisotopic (exact) mass is 421 g/mol. The van der Waals surface area contributed by atoms with Gasteiger partial charge in [0.25, 0.3) is 5.89 Å². The predicted octanol–water partition coefficient (Wildman–Crippen LogP) is 3.76. The van der Waals surface area contributed by atoms with E-state index in [0.717, 1.165) is 12.1 Å². The number of alkyl halides is 3. The first kappa shape index (κ1) is 21.2. The number of benzene rings is 2. The minimum absolute atomic E-state index is 0.00766. The van der Waals surface area contributed by atoms with E-state index in [0.29, 0.717) is 5.56 Å². The van der Waals surface area contributed by atoms with Crippen molar-refractivity contribution >= 4 is 12.0 Å². The van der Waals surface area contributed by atoms with Crippen LogP contribution in [0, 0.1) is 5.82 Å². The Bertz CT molecular complexity index is 1030. The van der Waals surface area contributed by atoms with Gasteiger partial charge in [-0.25, -0.2) is 4.39 Å². The number of carbonyl (C=O) groups is 1. The third-order valence-electron chi connectivity index (χ3n) is 4.01. The molecule has 30 heavy (non-hydrogen) atoms. The van der Waals surface area contributed by atoms with Gasteiger partial charge in [-0.2, -0.15) is 18.2 Å². The molecule has 0 bridgehead atoms. The number of aliphatic hydroxyl groups is 1. The number of aliphatic hydroxyl groups excluding tert-OH is 1.